The van der Waals surface area contributed by atoms with Crippen LogP contribution in [0.2, 0.25) is 0 Å². The van der Waals surface area contributed by atoms with Gasteiger partial charge in [-0.05, 0) is 35.4 Å². The van der Waals surface area contributed by atoms with Crippen LogP contribution < -0.4 is 5.32 Å². The molecular formula is C23H24N2O3S. The molecule has 1 atom stereocenters. The molecule has 0 radical (unpaired) electrons. The van der Waals surface area contributed by atoms with Crippen LogP contribution in [0.25, 0.3) is 10.8 Å². The molecule has 1 fully saturated rings. The lowest BCUT2D eigenvalue weighted by Crippen LogP contribution is -2.54. The number of carbonyl (C=O) groups excluding carboxylic acids is 1. The van der Waals surface area contributed by atoms with Gasteiger partial charge in [0.1, 0.15) is 0 Å². The van der Waals surface area contributed by atoms with E-state index in [-0.39, 0.29) is 17.7 Å². The molecule has 0 spiro atoms. The Morgan fingerprint density at radius 2 is 1.69 bits per heavy atom. The Morgan fingerprint density at radius 3 is 2.52 bits per heavy atom. The molecule has 150 valence electrons. The van der Waals surface area contributed by atoms with E-state index in [1.54, 1.807) is 30.3 Å². The number of nitrogens with one attached hydrogen (secondary N) is 1. The van der Waals surface area contributed by atoms with E-state index in [9.17, 15) is 13.2 Å². The summed E-state index contributed by atoms with van der Waals surface area (Å²) in [5.74, 6) is -0.0201. The van der Waals surface area contributed by atoms with Crippen molar-refractivity contribution in [1.82, 2.24) is 10.2 Å². The lowest BCUT2D eigenvalue weighted by molar-refractivity contribution is 0.0634. The fourth-order valence-corrected chi connectivity index (χ4v) is 5.28. The lowest BCUT2D eigenvalue weighted by atomic mass is 10.0. The van der Waals surface area contributed by atoms with Crippen molar-refractivity contribution in [3.63, 3.8) is 0 Å². The van der Waals surface area contributed by atoms with Crippen LogP contribution in [0, 0.1) is 0 Å². The smallest absolute Gasteiger partial charge is 0.254 e. The summed E-state index contributed by atoms with van der Waals surface area (Å²) < 4.78 is 25.3. The molecule has 1 saturated heterocycles. The van der Waals surface area contributed by atoms with Crippen LogP contribution in [-0.4, -0.2) is 50.7 Å². The van der Waals surface area contributed by atoms with Gasteiger partial charge in [0.15, 0.2) is 9.84 Å². The molecule has 5 nitrogen and oxygen atoms in total. The van der Waals surface area contributed by atoms with Crippen LogP contribution in [0.3, 0.4) is 0 Å². The first-order chi connectivity index (χ1) is 14.1. The van der Waals surface area contributed by atoms with E-state index in [0.717, 1.165) is 10.8 Å². The summed E-state index contributed by atoms with van der Waals surface area (Å²) in [6.45, 7) is 1.87. The van der Waals surface area contributed by atoms with Crippen molar-refractivity contribution in [1.29, 1.82) is 0 Å². The van der Waals surface area contributed by atoms with Gasteiger partial charge in [0.2, 0.25) is 0 Å². The fourth-order valence-electron chi connectivity index (χ4n) is 3.89. The van der Waals surface area contributed by atoms with E-state index in [4.69, 9.17) is 0 Å². The zero-order chi connectivity index (χ0) is 20.3. The average Bonchev–Trinajstić information content (AvgIpc) is 2.78. The molecule has 4 rings (SSSR count). The van der Waals surface area contributed by atoms with Gasteiger partial charge in [-0.3, -0.25) is 4.79 Å². The maximum absolute atomic E-state index is 13.4. The minimum absolute atomic E-state index is 0.0165. The lowest BCUT2D eigenvalue weighted by Gasteiger charge is -2.36. The first-order valence-corrected chi connectivity index (χ1v) is 11.5. The van der Waals surface area contributed by atoms with E-state index in [2.05, 4.69) is 5.32 Å². The first-order valence-electron chi connectivity index (χ1n) is 9.83. The summed E-state index contributed by atoms with van der Waals surface area (Å²) >= 11 is 0. The number of hydrogen-bond donors (Lipinski definition) is 1. The number of carbonyl (C=O) groups is 1. The van der Waals surface area contributed by atoms with Gasteiger partial charge >= 0.3 is 0 Å². The molecule has 6 heteroatoms. The molecule has 1 aliphatic heterocycles. The highest BCUT2D eigenvalue weighted by molar-refractivity contribution is 7.91. The maximum atomic E-state index is 13.4. The molecule has 1 aliphatic rings. The highest BCUT2D eigenvalue weighted by atomic mass is 32.2. The Balaban J connectivity index is 1.55. The van der Waals surface area contributed by atoms with Gasteiger partial charge in [-0.25, -0.2) is 8.42 Å². The number of hydrogen-bond acceptors (Lipinski definition) is 4. The summed E-state index contributed by atoms with van der Waals surface area (Å²) in [4.78, 5) is 15.5. The SMILES string of the molecule is O=C(c1cccc2ccccc12)N1CCNCC1CCS(=O)(=O)c1ccccc1. The van der Waals surface area contributed by atoms with E-state index in [1.807, 2.05) is 47.4 Å². The van der Waals surface area contributed by atoms with Crippen LogP contribution in [0.1, 0.15) is 16.8 Å². The van der Waals surface area contributed by atoms with Crippen molar-refractivity contribution >= 4 is 26.5 Å². The van der Waals surface area contributed by atoms with Crippen molar-refractivity contribution in [3.8, 4) is 0 Å². The third-order valence-electron chi connectivity index (χ3n) is 5.45. The molecule has 3 aromatic carbocycles. The second-order valence-corrected chi connectivity index (χ2v) is 9.41. The maximum Gasteiger partial charge on any atom is 0.254 e. The molecule has 3 aromatic rings. The molecule has 0 aliphatic carbocycles. The van der Waals surface area contributed by atoms with Crippen LogP contribution in [-0.2, 0) is 9.84 Å². The summed E-state index contributed by atoms with van der Waals surface area (Å²) in [5, 5.41) is 5.25. The largest absolute Gasteiger partial charge is 0.333 e. The number of sulfone groups is 1. The molecule has 1 unspecified atom stereocenters. The van der Waals surface area contributed by atoms with Crippen molar-refractivity contribution in [3.05, 3.63) is 78.4 Å². The van der Waals surface area contributed by atoms with E-state index in [0.29, 0.717) is 36.5 Å². The number of benzene rings is 3. The van der Waals surface area contributed by atoms with Crippen molar-refractivity contribution in [2.75, 3.05) is 25.4 Å². The molecule has 0 saturated carbocycles. The predicted octanol–water partition coefficient (Wildman–Crippen LogP) is 3.12. The van der Waals surface area contributed by atoms with Crippen LogP contribution in [0.15, 0.2) is 77.7 Å². The third-order valence-corrected chi connectivity index (χ3v) is 7.22. The predicted molar refractivity (Wildman–Crippen MR) is 115 cm³/mol. The van der Waals surface area contributed by atoms with Gasteiger partial charge < -0.3 is 10.2 Å². The summed E-state index contributed by atoms with van der Waals surface area (Å²) in [7, 11) is -3.37. The van der Waals surface area contributed by atoms with Crippen LogP contribution in [0.4, 0.5) is 0 Å². The Hall–Kier alpha value is -2.70. The van der Waals surface area contributed by atoms with Gasteiger partial charge in [0, 0.05) is 31.2 Å². The Kier molecular flexibility index (Phi) is 5.65. The first kappa shape index (κ1) is 19.6. The fraction of sp³-hybridized carbons (Fsp3) is 0.261. The van der Waals surface area contributed by atoms with E-state index in [1.165, 1.54) is 0 Å². The van der Waals surface area contributed by atoms with Gasteiger partial charge in [0.05, 0.1) is 10.6 Å². The second-order valence-electron chi connectivity index (χ2n) is 7.30. The Labute approximate surface area is 171 Å². The highest BCUT2D eigenvalue weighted by Gasteiger charge is 2.29. The number of nitrogens with zero attached hydrogens (tertiary/aromatic N) is 1. The van der Waals surface area contributed by atoms with Crippen LogP contribution in [0.5, 0.6) is 0 Å². The normalized spacial score (nSPS) is 17.4. The molecule has 1 amide bonds. The summed E-state index contributed by atoms with van der Waals surface area (Å²) in [5.41, 5.74) is 0.668. The minimum atomic E-state index is -3.37. The van der Waals surface area contributed by atoms with Crippen molar-refractivity contribution < 1.29 is 13.2 Å². The van der Waals surface area contributed by atoms with Gasteiger partial charge in [0.25, 0.3) is 5.91 Å². The molecule has 1 heterocycles. The van der Waals surface area contributed by atoms with Gasteiger partial charge in [-0.2, -0.15) is 0 Å². The monoisotopic (exact) mass is 408 g/mol. The summed E-state index contributed by atoms with van der Waals surface area (Å²) in [6, 6.07) is 21.9. The second kappa shape index (κ2) is 8.35. The van der Waals surface area contributed by atoms with Crippen molar-refractivity contribution in [2.24, 2.45) is 0 Å². The van der Waals surface area contributed by atoms with Gasteiger partial charge in [-0.15, -0.1) is 0 Å². The van der Waals surface area contributed by atoms with Crippen LogP contribution >= 0.6 is 0 Å². The number of piperazine rings is 1. The molecule has 0 aromatic heterocycles. The van der Waals surface area contributed by atoms with Gasteiger partial charge in [-0.1, -0.05) is 54.6 Å². The molecule has 1 N–H and O–H groups in total. The highest BCUT2D eigenvalue weighted by Crippen LogP contribution is 2.23. The standard InChI is InChI=1S/C23H24N2O3S/c26-23(22-12-6-8-18-7-4-5-11-21(18)22)25-15-14-24-17-19(25)13-16-29(27,28)20-9-2-1-3-10-20/h1-12,19,24H,13-17H2. The Morgan fingerprint density at radius 1 is 0.966 bits per heavy atom. The van der Waals surface area contributed by atoms with E-state index >= 15 is 0 Å². The topological polar surface area (TPSA) is 66.5 Å². The number of amides is 1. The molecule has 0 bridgehead atoms. The quantitative estimate of drug-likeness (QED) is 0.704. The number of fused-ring (bicyclic) bond motifs is 1. The average molecular weight is 409 g/mol. The molecule has 29 heavy (non-hydrogen) atoms. The zero-order valence-electron chi connectivity index (χ0n) is 16.1. The third kappa shape index (κ3) is 4.18. The Bertz CT molecular complexity index is 1110. The molecular weight excluding hydrogens is 384 g/mol. The zero-order valence-corrected chi connectivity index (χ0v) is 16.9. The summed E-state index contributed by atoms with van der Waals surface area (Å²) in [6.07, 6.45) is 0.404. The van der Waals surface area contributed by atoms with E-state index < -0.39 is 9.84 Å². The minimum Gasteiger partial charge on any atom is -0.333 e. The number of rotatable bonds is 5. The van der Waals surface area contributed by atoms with Crippen molar-refractivity contribution in [2.45, 2.75) is 17.4 Å².